The van der Waals surface area contributed by atoms with Gasteiger partial charge in [0.1, 0.15) is 11.1 Å². The quantitative estimate of drug-likeness (QED) is 0.331. The predicted molar refractivity (Wildman–Crippen MR) is 65.3 cm³/mol. The number of halogens is 1. The summed E-state index contributed by atoms with van der Waals surface area (Å²) in [6.45, 7) is 0. The fourth-order valence-electron chi connectivity index (χ4n) is 1.46. The molecule has 2 atom stereocenters. The third-order valence-electron chi connectivity index (χ3n) is 2.08. The average Bonchev–Trinajstić information content (AvgIpc) is 2.79. The van der Waals surface area contributed by atoms with E-state index in [0.29, 0.717) is 5.57 Å². The molecule has 3 radical (unpaired) electrons. The van der Waals surface area contributed by atoms with Crippen LogP contribution in [0.4, 0.5) is 0 Å². The summed E-state index contributed by atoms with van der Waals surface area (Å²) < 4.78 is 5.41. The first-order chi connectivity index (χ1) is 6.81. The van der Waals surface area contributed by atoms with Gasteiger partial charge in [0.05, 0.1) is 13.2 Å². The van der Waals surface area contributed by atoms with E-state index in [-0.39, 0.29) is 18.1 Å². The molecule has 0 saturated heterocycles. The fraction of sp³-hybridized carbons (Fsp3) is 0.286. The van der Waals surface area contributed by atoms with Gasteiger partial charge in [-0.3, -0.25) is 4.79 Å². The van der Waals surface area contributed by atoms with Gasteiger partial charge < -0.3 is 9.96 Å². The number of carbonyl (C=O) groups excluding carboxylic acids is 1. The van der Waals surface area contributed by atoms with E-state index in [1.54, 1.807) is 14.4 Å². The van der Waals surface area contributed by atoms with Gasteiger partial charge in [-0.15, -0.1) is 0 Å². The van der Waals surface area contributed by atoms with Crippen molar-refractivity contribution in [3.05, 3.63) is 23.8 Å². The summed E-state index contributed by atoms with van der Waals surface area (Å²) in [5.74, 6) is -0.0867. The molecular formula is C7H6B3INO2. The molecule has 2 bridgehead atoms. The highest BCUT2D eigenvalue weighted by Crippen LogP contribution is 2.27. The zero-order valence-electron chi connectivity index (χ0n) is 7.31. The highest BCUT2D eigenvalue weighted by molar-refractivity contribution is 14.1. The third-order valence-corrected chi connectivity index (χ3v) is 2.49. The average molecular weight is 295 g/mol. The molecular weight excluding hydrogens is 289 g/mol. The number of hydrogen-bond donors (Lipinski definition) is 1. The molecule has 14 heavy (non-hydrogen) atoms. The predicted octanol–water partition coefficient (Wildman–Crippen LogP) is -0.426. The van der Waals surface area contributed by atoms with E-state index in [1.165, 1.54) is 0 Å². The molecule has 7 heteroatoms. The van der Waals surface area contributed by atoms with Crippen LogP contribution >= 0.6 is 22.4 Å². The van der Waals surface area contributed by atoms with Crippen LogP contribution in [0, 0.1) is 0 Å². The maximum absolute atomic E-state index is 11.5. The van der Waals surface area contributed by atoms with E-state index < -0.39 is 0 Å². The molecule has 2 unspecified atom stereocenters. The van der Waals surface area contributed by atoms with Crippen LogP contribution in [0.3, 0.4) is 0 Å². The second-order valence-corrected chi connectivity index (χ2v) is 3.71. The SMILES string of the molecule is O=C(N[B][B][B]I)C1=CC2C=CC1O2. The molecule has 3 nitrogen and oxygen atoms in total. The maximum Gasteiger partial charge on any atom is 0.237 e. The Morgan fingerprint density at radius 1 is 1.57 bits per heavy atom. The molecule has 0 saturated carbocycles. The standard InChI is InChI=1S/C7H6B3INO2/c11-9-8-10-12-7(13)5-3-4-1-2-6(5)14-4/h1-4,6H,(H,12,13). The van der Waals surface area contributed by atoms with Crippen molar-refractivity contribution in [3.8, 4) is 0 Å². The van der Waals surface area contributed by atoms with E-state index in [1.807, 2.05) is 23.3 Å². The number of hydrogen-bond acceptors (Lipinski definition) is 2. The second-order valence-electron chi connectivity index (χ2n) is 2.99. The largest absolute Gasteiger partial charge is 0.409 e. The lowest BCUT2D eigenvalue weighted by Crippen LogP contribution is -2.35. The molecule has 0 aliphatic carbocycles. The topological polar surface area (TPSA) is 38.3 Å². The van der Waals surface area contributed by atoms with Crippen molar-refractivity contribution >= 4 is 47.7 Å². The summed E-state index contributed by atoms with van der Waals surface area (Å²) in [6.07, 6.45) is 5.57. The number of ether oxygens (including phenoxy) is 1. The van der Waals surface area contributed by atoms with Crippen LogP contribution < -0.4 is 5.23 Å². The fourth-order valence-corrected chi connectivity index (χ4v) is 1.67. The van der Waals surface area contributed by atoms with Gasteiger partial charge in [-0.1, -0.05) is 12.2 Å². The number of carbonyl (C=O) groups is 1. The zero-order valence-corrected chi connectivity index (χ0v) is 9.47. The van der Waals surface area contributed by atoms with Gasteiger partial charge >= 0.3 is 0 Å². The molecule has 0 aromatic carbocycles. The van der Waals surface area contributed by atoms with Gasteiger partial charge in [-0.05, 0) is 6.08 Å². The summed E-state index contributed by atoms with van der Waals surface area (Å²) in [4.78, 5) is 11.5. The Morgan fingerprint density at radius 3 is 3.00 bits per heavy atom. The van der Waals surface area contributed by atoms with E-state index in [4.69, 9.17) is 4.74 Å². The third kappa shape index (κ3) is 2.08. The molecule has 0 aromatic heterocycles. The lowest BCUT2D eigenvalue weighted by Gasteiger charge is -2.08. The number of rotatable bonds is 4. The zero-order chi connectivity index (χ0) is 9.97. The van der Waals surface area contributed by atoms with Crippen LogP contribution in [0.1, 0.15) is 0 Å². The number of nitrogens with one attached hydrogen (secondary N) is 1. The van der Waals surface area contributed by atoms with Gasteiger partial charge in [-0.25, -0.2) is 0 Å². The summed E-state index contributed by atoms with van der Waals surface area (Å²) in [7, 11) is 3.38. The summed E-state index contributed by atoms with van der Waals surface area (Å²) in [5, 5.41) is 4.50. The maximum atomic E-state index is 11.5. The van der Waals surface area contributed by atoms with Crippen molar-refractivity contribution in [2.75, 3.05) is 0 Å². The molecule has 67 valence electrons. The van der Waals surface area contributed by atoms with Crippen molar-refractivity contribution < 1.29 is 9.53 Å². The Morgan fingerprint density at radius 2 is 2.43 bits per heavy atom. The van der Waals surface area contributed by atoms with Gasteiger partial charge in [0.15, 0.2) is 7.31 Å². The normalized spacial score (nSPS) is 27.1. The minimum absolute atomic E-state index is 0.000803. The van der Waals surface area contributed by atoms with Crippen molar-refractivity contribution in [1.82, 2.24) is 5.23 Å². The molecule has 0 fully saturated rings. The smallest absolute Gasteiger partial charge is 0.237 e. The second kappa shape index (κ2) is 4.57. The van der Waals surface area contributed by atoms with E-state index in [2.05, 4.69) is 27.6 Å². The Kier molecular flexibility index (Phi) is 3.38. The monoisotopic (exact) mass is 296 g/mol. The van der Waals surface area contributed by atoms with Crippen molar-refractivity contribution in [1.29, 1.82) is 0 Å². The van der Waals surface area contributed by atoms with Crippen LogP contribution in [-0.2, 0) is 9.53 Å². The molecule has 2 heterocycles. The van der Waals surface area contributed by atoms with Crippen molar-refractivity contribution in [3.63, 3.8) is 0 Å². The molecule has 1 N–H and O–H groups in total. The number of amides is 1. The van der Waals surface area contributed by atoms with E-state index in [9.17, 15) is 4.79 Å². The van der Waals surface area contributed by atoms with Crippen molar-refractivity contribution in [2.45, 2.75) is 12.2 Å². The van der Waals surface area contributed by atoms with Gasteiger partial charge in [0, 0.05) is 5.57 Å². The Hall–Kier alpha value is -0.165. The highest BCUT2D eigenvalue weighted by atomic mass is 127. The first-order valence-electron chi connectivity index (χ1n) is 4.26. The molecule has 2 aliphatic rings. The van der Waals surface area contributed by atoms with Crippen molar-refractivity contribution in [2.24, 2.45) is 0 Å². The van der Waals surface area contributed by atoms with Gasteiger partial charge in [0.2, 0.25) is 5.91 Å². The summed E-state index contributed by atoms with van der Waals surface area (Å²) >= 11 is 2.09. The molecule has 2 rings (SSSR count). The summed E-state index contributed by atoms with van der Waals surface area (Å²) in [5.41, 5.74) is 0.704. The van der Waals surface area contributed by atoms with Gasteiger partial charge in [-0.2, -0.15) is 22.4 Å². The number of fused-ring (bicyclic) bond motifs is 2. The van der Waals surface area contributed by atoms with Crippen LogP contribution in [0.5, 0.6) is 0 Å². The molecule has 2 aliphatic heterocycles. The minimum atomic E-state index is -0.142. The highest BCUT2D eigenvalue weighted by Gasteiger charge is 2.32. The molecule has 1 amide bonds. The first kappa shape index (κ1) is 10.4. The Balaban J connectivity index is 1.85. The lowest BCUT2D eigenvalue weighted by atomic mass is 9.33. The molecule has 0 spiro atoms. The van der Waals surface area contributed by atoms with Crippen LogP contribution in [0.15, 0.2) is 23.8 Å². The first-order valence-corrected chi connectivity index (χ1v) is 5.51. The van der Waals surface area contributed by atoms with Crippen LogP contribution in [-0.4, -0.2) is 37.5 Å². The molecule has 0 aromatic rings. The Labute approximate surface area is 98.3 Å². The van der Waals surface area contributed by atoms with Crippen LogP contribution in [0.25, 0.3) is 0 Å². The lowest BCUT2D eigenvalue weighted by molar-refractivity contribution is -0.116. The minimum Gasteiger partial charge on any atom is -0.409 e. The summed E-state index contributed by atoms with van der Waals surface area (Å²) in [6, 6.07) is 0. The van der Waals surface area contributed by atoms with E-state index >= 15 is 0 Å². The van der Waals surface area contributed by atoms with Crippen LogP contribution in [0.2, 0.25) is 0 Å². The van der Waals surface area contributed by atoms with E-state index in [0.717, 1.165) is 0 Å². The Bertz CT molecular complexity index is 307. The van der Waals surface area contributed by atoms with Gasteiger partial charge in [0.25, 0.3) is 0 Å².